The van der Waals surface area contributed by atoms with Gasteiger partial charge in [-0.05, 0) is 55.5 Å². The van der Waals surface area contributed by atoms with Crippen LogP contribution in [0, 0.1) is 0 Å². The smallest absolute Gasteiger partial charge is 0.263 e. The monoisotopic (exact) mass is 498 g/mol. The standard InChI is InChI=1S/C25H30N4O3S2/c1-3-11-29-24(31)22-19-5-4-6-20(19)34-23(22)26-25(29)33-16-21(30)28-14-12-27(13-15-28)17-7-9-18(32-2)10-8-17/h7-10H,3-6,11-16H2,1-2H3. The Kier molecular flexibility index (Phi) is 6.83. The highest BCUT2D eigenvalue weighted by Gasteiger charge is 2.25. The Morgan fingerprint density at radius 1 is 1.15 bits per heavy atom. The van der Waals surface area contributed by atoms with Crippen LogP contribution in [0.3, 0.4) is 0 Å². The summed E-state index contributed by atoms with van der Waals surface area (Å²) in [7, 11) is 1.67. The van der Waals surface area contributed by atoms with E-state index in [1.165, 1.54) is 22.2 Å². The number of thiophene rings is 1. The summed E-state index contributed by atoms with van der Waals surface area (Å²) in [4.78, 5) is 37.5. The zero-order chi connectivity index (χ0) is 23.7. The molecule has 1 fully saturated rings. The van der Waals surface area contributed by atoms with Gasteiger partial charge >= 0.3 is 0 Å². The molecule has 2 aromatic heterocycles. The van der Waals surface area contributed by atoms with Crippen LogP contribution >= 0.6 is 23.1 Å². The predicted molar refractivity (Wildman–Crippen MR) is 139 cm³/mol. The van der Waals surface area contributed by atoms with Crippen LogP contribution < -0.4 is 15.2 Å². The van der Waals surface area contributed by atoms with E-state index in [0.29, 0.717) is 30.5 Å². The maximum atomic E-state index is 13.3. The Labute approximate surface area is 207 Å². The molecule has 0 atom stereocenters. The van der Waals surface area contributed by atoms with E-state index in [-0.39, 0.29) is 11.5 Å². The van der Waals surface area contributed by atoms with Crippen LogP contribution in [-0.4, -0.2) is 59.4 Å². The molecule has 2 aliphatic rings. The van der Waals surface area contributed by atoms with E-state index in [0.717, 1.165) is 60.4 Å². The number of aromatic nitrogens is 2. The first-order chi connectivity index (χ1) is 16.6. The number of carbonyl (C=O) groups is 1. The van der Waals surface area contributed by atoms with Gasteiger partial charge in [0.2, 0.25) is 5.91 Å². The lowest BCUT2D eigenvalue weighted by Gasteiger charge is -2.36. The Morgan fingerprint density at radius 3 is 2.62 bits per heavy atom. The lowest BCUT2D eigenvalue weighted by Crippen LogP contribution is -2.49. The summed E-state index contributed by atoms with van der Waals surface area (Å²) in [5.41, 5.74) is 2.42. The van der Waals surface area contributed by atoms with E-state index in [1.807, 2.05) is 17.0 Å². The fourth-order valence-electron chi connectivity index (χ4n) is 4.81. The number of methoxy groups -OCH3 is 1. The summed E-state index contributed by atoms with van der Waals surface area (Å²) in [6, 6.07) is 8.04. The maximum absolute atomic E-state index is 13.3. The van der Waals surface area contributed by atoms with E-state index in [4.69, 9.17) is 9.72 Å². The third-order valence-electron chi connectivity index (χ3n) is 6.63. The number of hydrogen-bond donors (Lipinski definition) is 0. The number of rotatable bonds is 7. The minimum Gasteiger partial charge on any atom is -0.497 e. The summed E-state index contributed by atoms with van der Waals surface area (Å²) < 4.78 is 7.02. The van der Waals surface area contributed by atoms with Crippen molar-refractivity contribution in [1.82, 2.24) is 14.5 Å². The second kappa shape index (κ2) is 10.00. The zero-order valence-electron chi connectivity index (χ0n) is 19.7. The molecule has 7 nitrogen and oxygen atoms in total. The number of benzene rings is 1. The van der Waals surface area contributed by atoms with Crippen molar-refractivity contribution in [3.63, 3.8) is 0 Å². The van der Waals surface area contributed by atoms with Crippen molar-refractivity contribution in [2.24, 2.45) is 0 Å². The summed E-state index contributed by atoms with van der Waals surface area (Å²) >= 11 is 3.06. The molecule has 0 unspecified atom stereocenters. The van der Waals surface area contributed by atoms with Gasteiger partial charge < -0.3 is 14.5 Å². The fourth-order valence-corrected chi connectivity index (χ4v) is 7.04. The molecule has 1 amide bonds. The van der Waals surface area contributed by atoms with Crippen LogP contribution in [0.2, 0.25) is 0 Å². The zero-order valence-corrected chi connectivity index (χ0v) is 21.3. The average molecular weight is 499 g/mol. The average Bonchev–Trinajstić information content (AvgIpc) is 3.46. The van der Waals surface area contributed by atoms with Gasteiger partial charge in [-0.1, -0.05) is 18.7 Å². The molecule has 3 heterocycles. The minimum absolute atomic E-state index is 0.0642. The van der Waals surface area contributed by atoms with E-state index in [1.54, 1.807) is 23.0 Å². The van der Waals surface area contributed by atoms with E-state index < -0.39 is 0 Å². The Bertz CT molecular complexity index is 1240. The molecule has 0 saturated carbocycles. The largest absolute Gasteiger partial charge is 0.497 e. The van der Waals surface area contributed by atoms with Crippen LogP contribution in [0.25, 0.3) is 10.2 Å². The van der Waals surface area contributed by atoms with Crippen molar-refractivity contribution in [2.45, 2.75) is 44.3 Å². The topological polar surface area (TPSA) is 67.7 Å². The molecule has 1 aromatic carbocycles. The van der Waals surface area contributed by atoms with Crippen LogP contribution in [-0.2, 0) is 24.2 Å². The van der Waals surface area contributed by atoms with Gasteiger partial charge in [-0.3, -0.25) is 14.2 Å². The first-order valence-corrected chi connectivity index (χ1v) is 13.7. The summed E-state index contributed by atoms with van der Waals surface area (Å²) in [5, 5.41) is 1.49. The summed E-state index contributed by atoms with van der Waals surface area (Å²) in [6.07, 6.45) is 4.01. The number of fused-ring (bicyclic) bond motifs is 3. The first kappa shape index (κ1) is 23.2. The van der Waals surface area contributed by atoms with E-state index in [9.17, 15) is 9.59 Å². The SMILES string of the molecule is CCCn1c(SCC(=O)N2CCN(c3ccc(OC)cc3)CC2)nc2sc3c(c2c1=O)CCC3. The van der Waals surface area contributed by atoms with Crippen molar-refractivity contribution in [3.8, 4) is 5.75 Å². The summed E-state index contributed by atoms with van der Waals surface area (Å²) in [5.74, 6) is 1.25. The molecule has 0 N–H and O–H groups in total. The number of piperazine rings is 1. The molecule has 9 heteroatoms. The minimum atomic E-state index is 0.0642. The van der Waals surface area contributed by atoms with Crippen LogP contribution in [0.15, 0.2) is 34.2 Å². The van der Waals surface area contributed by atoms with Gasteiger partial charge in [-0.2, -0.15) is 0 Å². The number of nitrogens with zero attached hydrogens (tertiary/aromatic N) is 4. The number of amides is 1. The third kappa shape index (κ3) is 4.43. The molecule has 0 radical (unpaired) electrons. The Balaban J connectivity index is 1.25. The van der Waals surface area contributed by atoms with Crippen molar-refractivity contribution in [1.29, 1.82) is 0 Å². The van der Waals surface area contributed by atoms with Gasteiger partial charge in [0.05, 0.1) is 18.2 Å². The second-order valence-corrected chi connectivity index (χ2v) is 10.8. The Hall–Kier alpha value is -2.52. The van der Waals surface area contributed by atoms with E-state index >= 15 is 0 Å². The number of anilines is 1. The highest BCUT2D eigenvalue weighted by atomic mass is 32.2. The Morgan fingerprint density at radius 2 is 1.91 bits per heavy atom. The number of hydrogen-bond acceptors (Lipinski definition) is 7. The van der Waals surface area contributed by atoms with Crippen LogP contribution in [0.1, 0.15) is 30.2 Å². The molecule has 1 aliphatic heterocycles. The molecular weight excluding hydrogens is 468 g/mol. The van der Waals surface area contributed by atoms with Crippen molar-refractivity contribution < 1.29 is 9.53 Å². The van der Waals surface area contributed by atoms with Gasteiger partial charge in [-0.15, -0.1) is 11.3 Å². The molecule has 34 heavy (non-hydrogen) atoms. The molecule has 5 rings (SSSR count). The van der Waals surface area contributed by atoms with Crippen LogP contribution in [0.5, 0.6) is 5.75 Å². The number of ether oxygens (including phenoxy) is 1. The fraction of sp³-hybridized carbons (Fsp3) is 0.480. The highest BCUT2D eigenvalue weighted by molar-refractivity contribution is 7.99. The normalized spacial score (nSPS) is 15.7. The lowest BCUT2D eigenvalue weighted by atomic mass is 10.2. The number of aryl methyl sites for hydroxylation is 2. The van der Waals surface area contributed by atoms with Gasteiger partial charge in [0.1, 0.15) is 10.6 Å². The molecule has 3 aromatic rings. The van der Waals surface area contributed by atoms with Crippen molar-refractivity contribution >= 4 is 44.9 Å². The van der Waals surface area contributed by atoms with Crippen molar-refractivity contribution in [2.75, 3.05) is 43.9 Å². The summed E-state index contributed by atoms with van der Waals surface area (Å²) in [6.45, 7) is 5.68. The molecule has 1 aliphatic carbocycles. The predicted octanol–water partition coefficient (Wildman–Crippen LogP) is 3.81. The lowest BCUT2D eigenvalue weighted by molar-refractivity contribution is -0.128. The highest BCUT2D eigenvalue weighted by Crippen LogP contribution is 2.35. The number of thioether (sulfide) groups is 1. The molecule has 1 saturated heterocycles. The molecular formula is C25H30N4O3S2. The molecule has 180 valence electrons. The van der Waals surface area contributed by atoms with Gasteiger partial charge in [-0.25, -0.2) is 4.98 Å². The quantitative estimate of drug-likeness (QED) is 0.365. The molecule has 0 spiro atoms. The van der Waals surface area contributed by atoms with E-state index in [2.05, 4.69) is 24.0 Å². The van der Waals surface area contributed by atoms with Gasteiger partial charge in [0.25, 0.3) is 5.56 Å². The number of carbonyl (C=O) groups excluding carboxylic acids is 1. The van der Waals surface area contributed by atoms with Crippen molar-refractivity contribution in [3.05, 3.63) is 45.1 Å². The maximum Gasteiger partial charge on any atom is 0.263 e. The third-order valence-corrected chi connectivity index (χ3v) is 8.78. The second-order valence-electron chi connectivity index (χ2n) is 8.74. The van der Waals surface area contributed by atoms with Gasteiger partial charge in [0.15, 0.2) is 5.16 Å². The molecule has 0 bridgehead atoms. The van der Waals surface area contributed by atoms with Crippen LogP contribution in [0.4, 0.5) is 5.69 Å². The van der Waals surface area contributed by atoms with Gasteiger partial charge in [0, 0.05) is 43.3 Å². The first-order valence-electron chi connectivity index (χ1n) is 11.9.